The Labute approximate surface area is 168 Å². The van der Waals surface area contributed by atoms with E-state index in [0.717, 1.165) is 18.1 Å². The molecule has 0 saturated heterocycles. The molecular formula is C25H21I. The molecule has 1 heteroatoms. The van der Waals surface area contributed by atoms with Gasteiger partial charge in [-0.05, 0) is 102 Å². The topological polar surface area (TPSA) is 0 Å². The van der Waals surface area contributed by atoms with Gasteiger partial charge in [-0.1, -0.05) is 67.3 Å². The highest BCUT2D eigenvalue weighted by Crippen LogP contribution is 2.30. The predicted octanol–water partition coefficient (Wildman–Crippen LogP) is 5.86. The van der Waals surface area contributed by atoms with Gasteiger partial charge in [-0.2, -0.15) is 0 Å². The van der Waals surface area contributed by atoms with Crippen LogP contribution in [0, 0.1) is 0 Å². The summed E-state index contributed by atoms with van der Waals surface area (Å²) in [7, 11) is 0. The molecule has 0 bridgehead atoms. The number of aryl methyl sites for hydroxylation is 1. The molecule has 0 N–H and O–H groups in total. The first kappa shape index (κ1) is 17.3. The molecule has 0 radical (unpaired) electrons. The SMILES string of the molecule is C=c1/c(=C\C(=C/C)c2ccc3c(c2)CCC(I)=C3)ccc2ccccc12. The third-order valence-corrected chi connectivity index (χ3v) is 5.97. The number of halogens is 1. The van der Waals surface area contributed by atoms with Crippen molar-refractivity contribution in [2.45, 2.75) is 19.8 Å². The van der Waals surface area contributed by atoms with Crippen molar-refractivity contribution in [1.82, 2.24) is 0 Å². The lowest BCUT2D eigenvalue weighted by Crippen LogP contribution is -2.23. The van der Waals surface area contributed by atoms with Crippen LogP contribution in [0.4, 0.5) is 0 Å². The summed E-state index contributed by atoms with van der Waals surface area (Å²) in [5, 5.41) is 4.75. The van der Waals surface area contributed by atoms with Crippen LogP contribution >= 0.6 is 22.6 Å². The Bertz CT molecular complexity index is 1160. The molecule has 0 spiro atoms. The van der Waals surface area contributed by atoms with Gasteiger partial charge in [-0.25, -0.2) is 0 Å². The molecule has 26 heavy (non-hydrogen) atoms. The van der Waals surface area contributed by atoms with E-state index in [4.69, 9.17) is 0 Å². The van der Waals surface area contributed by atoms with Crippen molar-refractivity contribution in [3.05, 3.63) is 91.4 Å². The number of hydrogen-bond donors (Lipinski definition) is 0. The van der Waals surface area contributed by atoms with E-state index >= 15 is 0 Å². The zero-order chi connectivity index (χ0) is 18.1. The second kappa shape index (κ2) is 7.24. The first-order valence-corrected chi connectivity index (χ1v) is 10.1. The molecule has 0 aromatic heterocycles. The molecule has 0 unspecified atom stereocenters. The summed E-state index contributed by atoms with van der Waals surface area (Å²) in [6.45, 7) is 6.45. The molecule has 0 aliphatic heterocycles. The first-order valence-electron chi connectivity index (χ1n) is 9.00. The molecule has 1 aliphatic carbocycles. The number of allylic oxidation sites excluding steroid dienone is 3. The Morgan fingerprint density at radius 1 is 1.04 bits per heavy atom. The van der Waals surface area contributed by atoms with Crippen molar-refractivity contribution in [1.29, 1.82) is 0 Å². The highest BCUT2D eigenvalue weighted by molar-refractivity contribution is 14.1. The highest BCUT2D eigenvalue weighted by Gasteiger charge is 2.10. The van der Waals surface area contributed by atoms with Crippen LogP contribution in [0.15, 0.2) is 64.3 Å². The van der Waals surface area contributed by atoms with Crippen LogP contribution < -0.4 is 10.4 Å². The van der Waals surface area contributed by atoms with Crippen LogP contribution in [0.1, 0.15) is 30.0 Å². The molecule has 3 aromatic carbocycles. The maximum Gasteiger partial charge on any atom is -0.00847 e. The fourth-order valence-corrected chi connectivity index (χ4v) is 4.23. The summed E-state index contributed by atoms with van der Waals surface area (Å²) >= 11 is 2.45. The molecule has 0 amide bonds. The predicted molar refractivity (Wildman–Crippen MR) is 124 cm³/mol. The average Bonchev–Trinajstić information content (AvgIpc) is 2.67. The maximum absolute atomic E-state index is 4.34. The normalized spacial score (nSPS) is 15.1. The van der Waals surface area contributed by atoms with E-state index in [1.165, 1.54) is 41.8 Å². The average molecular weight is 448 g/mol. The van der Waals surface area contributed by atoms with Gasteiger partial charge < -0.3 is 0 Å². The quantitative estimate of drug-likeness (QED) is 0.431. The van der Waals surface area contributed by atoms with Crippen molar-refractivity contribution >= 4 is 57.7 Å². The monoisotopic (exact) mass is 448 g/mol. The van der Waals surface area contributed by atoms with E-state index in [0.29, 0.717) is 0 Å². The van der Waals surface area contributed by atoms with Gasteiger partial charge in [-0.15, -0.1) is 0 Å². The van der Waals surface area contributed by atoms with Crippen molar-refractivity contribution in [3.63, 3.8) is 0 Å². The van der Waals surface area contributed by atoms with E-state index in [-0.39, 0.29) is 0 Å². The minimum Gasteiger partial charge on any atom is -0.0905 e. The van der Waals surface area contributed by atoms with Crippen LogP contribution in [0.2, 0.25) is 0 Å². The lowest BCUT2D eigenvalue weighted by atomic mass is 9.92. The van der Waals surface area contributed by atoms with E-state index in [1.807, 2.05) is 0 Å². The van der Waals surface area contributed by atoms with Gasteiger partial charge in [0.05, 0.1) is 0 Å². The minimum atomic E-state index is 1.10. The van der Waals surface area contributed by atoms with Crippen LogP contribution in [-0.4, -0.2) is 0 Å². The third-order valence-electron chi connectivity index (χ3n) is 5.12. The molecular weight excluding hydrogens is 427 g/mol. The number of rotatable bonds is 2. The van der Waals surface area contributed by atoms with Crippen LogP contribution in [0.5, 0.6) is 0 Å². The van der Waals surface area contributed by atoms with Crippen molar-refractivity contribution in [2.75, 3.05) is 0 Å². The fraction of sp³-hybridized carbons (Fsp3) is 0.120. The van der Waals surface area contributed by atoms with Crippen molar-refractivity contribution in [2.24, 2.45) is 0 Å². The zero-order valence-corrected chi connectivity index (χ0v) is 17.1. The van der Waals surface area contributed by atoms with Crippen molar-refractivity contribution in [3.8, 4) is 0 Å². The van der Waals surface area contributed by atoms with Gasteiger partial charge >= 0.3 is 0 Å². The summed E-state index contributed by atoms with van der Waals surface area (Å²) < 4.78 is 1.44. The second-order valence-corrected chi connectivity index (χ2v) is 8.13. The largest absolute Gasteiger partial charge is 0.0905 e. The number of benzene rings is 3. The second-order valence-electron chi connectivity index (χ2n) is 6.75. The van der Waals surface area contributed by atoms with Gasteiger partial charge in [0.1, 0.15) is 0 Å². The number of fused-ring (bicyclic) bond motifs is 2. The summed E-state index contributed by atoms with van der Waals surface area (Å²) in [6.07, 6.45) is 9.04. The lowest BCUT2D eigenvalue weighted by molar-refractivity contribution is 0.979. The third kappa shape index (κ3) is 3.28. The summed E-state index contributed by atoms with van der Waals surface area (Å²) in [4.78, 5) is 0. The van der Waals surface area contributed by atoms with E-state index in [9.17, 15) is 0 Å². The van der Waals surface area contributed by atoms with Gasteiger partial charge in [0, 0.05) is 0 Å². The Balaban J connectivity index is 1.81. The molecule has 3 aromatic rings. The summed E-state index contributed by atoms with van der Waals surface area (Å²) in [5.41, 5.74) is 5.34. The van der Waals surface area contributed by atoms with Crippen LogP contribution in [-0.2, 0) is 6.42 Å². The standard InChI is InChI=1S/C25H21I/c1-3-18(21-10-11-23-16-24(26)13-12-22(23)15-21)14-20-9-8-19-6-4-5-7-25(19)17(20)2/h3-11,14-16H,2,12-13H2,1H3/b18-3+,20-14-. The molecule has 0 nitrogen and oxygen atoms in total. The molecule has 128 valence electrons. The molecule has 0 saturated carbocycles. The number of hydrogen-bond acceptors (Lipinski definition) is 0. The lowest BCUT2D eigenvalue weighted by Gasteiger charge is -2.15. The zero-order valence-electron chi connectivity index (χ0n) is 14.9. The Morgan fingerprint density at radius 3 is 2.73 bits per heavy atom. The van der Waals surface area contributed by atoms with Gasteiger partial charge in [0.15, 0.2) is 0 Å². The molecule has 0 atom stereocenters. The molecule has 4 rings (SSSR count). The summed E-state index contributed by atoms with van der Waals surface area (Å²) in [6, 6.07) is 19.7. The molecule has 1 aliphatic rings. The van der Waals surface area contributed by atoms with Crippen LogP contribution in [0.25, 0.3) is 35.1 Å². The van der Waals surface area contributed by atoms with Crippen molar-refractivity contribution < 1.29 is 0 Å². The smallest absolute Gasteiger partial charge is 0.00847 e. The van der Waals surface area contributed by atoms with E-state index in [2.05, 4.69) is 109 Å². The summed E-state index contributed by atoms with van der Waals surface area (Å²) in [5.74, 6) is 0. The van der Waals surface area contributed by atoms with E-state index in [1.54, 1.807) is 0 Å². The molecule has 0 fully saturated rings. The Morgan fingerprint density at radius 2 is 1.88 bits per heavy atom. The van der Waals surface area contributed by atoms with E-state index < -0.39 is 0 Å². The fourth-order valence-electron chi connectivity index (χ4n) is 3.63. The Hall–Kier alpha value is -2.13. The molecule has 0 heterocycles. The maximum atomic E-state index is 4.34. The van der Waals surface area contributed by atoms with Gasteiger partial charge in [0.2, 0.25) is 0 Å². The Kier molecular flexibility index (Phi) is 4.82. The minimum absolute atomic E-state index is 1.10. The first-order chi connectivity index (χ1) is 12.7. The van der Waals surface area contributed by atoms with Gasteiger partial charge in [-0.3, -0.25) is 0 Å². The van der Waals surface area contributed by atoms with Gasteiger partial charge in [0.25, 0.3) is 0 Å². The van der Waals surface area contributed by atoms with Crippen LogP contribution in [0.3, 0.4) is 0 Å². The highest BCUT2D eigenvalue weighted by atomic mass is 127.